The Morgan fingerprint density at radius 1 is 1.33 bits per heavy atom. The van der Waals surface area contributed by atoms with Crippen LogP contribution in [0.15, 0.2) is 29.2 Å². The topological polar surface area (TPSA) is 46.2 Å². The summed E-state index contributed by atoms with van der Waals surface area (Å²) in [6, 6.07) is 6.47. The van der Waals surface area contributed by atoms with Crippen LogP contribution in [0, 0.1) is 6.92 Å². The average molecular weight is 286 g/mol. The number of sulfonamides is 1. The van der Waals surface area contributed by atoms with E-state index >= 15 is 0 Å². The Morgan fingerprint density at radius 3 is 2.20 bits per heavy atom. The Labute approximate surface area is 143 Å². The molecular formula is C8H9KNO2S3+. The van der Waals surface area contributed by atoms with Gasteiger partial charge in [0.25, 0.3) is 10.0 Å². The predicted octanol–water partition coefficient (Wildman–Crippen LogP) is -1.51. The van der Waals surface area contributed by atoms with Crippen molar-refractivity contribution >= 4 is 39.2 Å². The first-order chi connectivity index (χ1) is 6.42. The Balaban J connectivity index is 0.00000196. The minimum atomic E-state index is -3.54. The minimum absolute atomic E-state index is 0. The summed E-state index contributed by atoms with van der Waals surface area (Å²) >= 11 is 8.25. The molecule has 1 aromatic rings. The maximum atomic E-state index is 11.5. The third-order valence-corrected chi connectivity index (χ3v) is 3.41. The van der Waals surface area contributed by atoms with Crippen LogP contribution in [0.25, 0.3) is 0 Å². The smallest absolute Gasteiger partial charge is 0.265 e. The van der Waals surface area contributed by atoms with Gasteiger partial charge in [-0.25, -0.2) is 8.42 Å². The van der Waals surface area contributed by atoms with Crippen molar-refractivity contribution in [1.29, 1.82) is 0 Å². The van der Waals surface area contributed by atoms with Crippen LogP contribution in [0.4, 0.5) is 0 Å². The molecule has 0 aliphatic heterocycles. The molecule has 0 aliphatic carbocycles. The quantitative estimate of drug-likeness (QED) is 0.395. The van der Waals surface area contributed by atoms with E-state index in [2.05, 4.69) is 29.6 Å². The molecule has 1 rings (SSSR count). The molecule has 0 radical (unpaired) electrons. The van der Waals surface area contributed by atoms with Crippen molar-refractivity contribution in [2.75, 3.05) is 0 Å². The van der Waals surface area contributed by atoms with E-state index in [1.165, 1.54) is 12.1 Å². The van der Waals surface area contributed by atoms with Gasteiger partial charge in [-0.1, -0.05) is 29.9 Å². The van der Waals surface area contributed by atoms with Gasteiger partial charge in [-0.05, 0) is 19.1 Å². The van der Waals surface area contributed by atoms with Gasteiger partial charge in [0, 0.05) is 0 Å². The largest absolute Gasteiger partial charge is 1.00 e. The van der Waals surface area contributed by atoms with Crippen LogP contribution in [0.1, 0.15) is 5.56 Å². The Hall–Kier alpha value is 1.05. The summed E-state index contributed by atoms with van der Waals surface area (Å²) in [5.41, 5.74) is 0.998. The van der Waals surface area contributed by atoms with Crippen LogP contribution < -0.4 is 56.1 Å². The van der Waals surface area contributed by atoms with Crippen LogP contribution in [0.3, 0.4) is 0 Å². The molecule has 1 N–H and O–H groups in total. The molecule has 3 nitrogen and oxygen atoms in total. The fourth-order valence-corrected chi connectivity index (χ4v) is 2.42. The summed E-state index contributed by atoms with van der Waals surface area (Å²) in [5, 5.41) is 0. The van der Waals surface area contributed by atoms with Gasteiger partial charge < -0.3 is 0 Å². The SMILES string of the molecule is Cc1ccc(S(=O)(=O)NC(=S)S)cc1.[K+]. The number of aryl methyl sites for hydroxylation is 1. The molecule has 0 aromatic heterocycles. The molecule has 0 fully saturated rings. The van der Waals surface area contributed by atoms with E-state index in [0.29, 0.717) is 0 Å². The van der Waals surface area contributed by atoms with Crippen LogP contribution in [-0.4, -0.2) is 12.7 Å². The van der Waals surface area contributed by atoms with Crippen molar-refractivity contribution in [1.82, 2.24) is 4.72 Å². The molecule has 15 heavy (non-hydrogen) atoms. The van der Waals surface area contributed by atoms with Crippen LogP contribution >= 0.6 is 24.8 Å². The number of thiol groups is 1. The van der Waals surface area contributed by atoms with Crippen LogP contribution in [0.2, 0.25) is 0 Å². The van der Waals surface area contributed by atoms with Crippen molar-refractivity contribution < 1.29 is 59.8 Å². The number of nitrogens with one attached hydrogen (secondary N) is 1. The first-order valence-corrected chi connectivity index (χ1v) is 6.08. The molecule has 0 amide bonds. The van der Waals surface area contributed by atoms with Gasteiger partial charge in [-0.2, -0.15) is 0 Å². The average Bonchev–Trinajstić information content (AvgIpc) is 2.02. The molecule has 0 heterocycles. The fraction of sp³-hybridized carbons (Fsp3) is 0.125. The van der Waals surface area contributed by atoms with Gasteiger partial charge >= 0.3 is 51.4 Å². The van der Waals surface area contributed by atoms with Gasteiger partial charge in [-0.15, -0.1) is 12.6 Å². The van der Waals surface area contributed by atoms with E-state index in [0.717, 1.165) is 5.56 Å². The van der Waals surface area contributed by atoms with Crippen LogP contribution in [0.5, 0.6) is 0 Å². The monoisotopic (exact) mass is 286 g/mol. The molecule has 7 heteroatoms. The maximum Gasteiger partial charge on any atom is 1.00 e. The Morgan fingerprint density at radius 2 is 1.80 bits per heavy atom. The third-order valence-electron chi connectivity index (χ3n) is 1.55. The summed E-state index contributed by atoms with van der Waals surface area (Å²) in [6.45, 7) is 1.88. The van der Waals surface area contributed by atoms with Crippen molar-refractivity contribution in [3.63, 3.8) is 0 Å². The number of benzene rings is 1. The van der Waals surface area contributed by atoms with E-state index in [4.69, 9.17) is 0 Å². The molecule has 1 aromatic carbocycles. The van der Waals surface area contributed by atoms with Crippen molar-refractivity contribution in [3.05, 3.63) is 29.8 Å². The standard InChI is InChI=1S/C8H9NO2S3.K/c1-6-2-4-7(5-3-6)14(10,11)9-8(12)13;/h2-5H,1H3,(H2,9,12,13);/q;+1. The zero-order chi connectivity index (χ0) is 10.8. The summed E-state index contributed by atoms with van der Waals surface area (Å²) < 4.78 is 25.1. The van der Waals surface area contributed by atoms with E-state index in [1.807, 2.05) is 6.92 Å². The van der Waals surface area contributed by atoms with Gasteiger partial charge in [0.1, 0.15) is 4.32 Å². The second kappa shape index (κ2) is 6.70. The Kier molecular flexibility index (Phi) is 7.17. The van der Waals surface area contributed by atoms with E-state index in [9.17, 15) is 8.42 Å². The van der Waals surface area contributed by atoms with Gasteiger partial charge in [0.05, 0.1) is 4.90 Å². The molecule has 0 unspecified atom stereocenters. The van der Waals surface area contributed by atoms with Gasteiger partial charge in [-0.3, -0.25) is 4.72 Å². The maximum absolute atomic E-state index is 11.5. The summed E-state index contributed by atoms with van der Waals surface area (Å²) in [5.74, 6) is 0. The summed E-state index contributed by atoms with van der Waals surface area (Å²) in [4.78, 5) is 0.180. The van der Waals surface area contributed by atoms with Crippen molar-refractivity contribution in [3.8, 4) is 0 Å². The number of hydrogen-bond donors (Lipinski definition) is 2. The van der Waals surface area contributed by atoms with Crippen molar-refractivity contribution in [2.24, 2.45) is 0 Å². The zero-order valence-electron chi connectivity index (χ0n) is 8.39. The molecule has 0 saturated heterocycles. The molecule has 0 aliphatic rings. The Bertz CT molecular complexity index is 441. The van der Waals surface area contributed by atoms with Crippen LogP contribution in [-0.2, 0) is 10.0 Å². The van der Waals surface area contributed by atoms with E-state index in [-0.39, 0.29) is 60.6 Å². The summed E-state index contributed by atoms with van der Waals surface area (Å²) in [6.07, 6.45) is 0. The van der Waals surface area contributed by atoms with Gasteiger partial charge in [0.15, 0.2) is 0 Å². The zero-order valence-corrected chi connectivity index (χ0v) is 14.0. The fourth-order valence-electron chi connectivity index (χ4n) is 0.891. The first kappa shape index (κ1) is 16.0. The minimum Gasteiger partial charge on any atom is -0.265 e. The van der Waals surface area contributed by atoms with E-state index in [1.54, 1.807) is 12.1 Å². The summed E-state index contributed by atoms with van der Waals surface area (Å²) in [7, 11) is -3.54. The second-order valence-corrected chi connectivity index (χ2v) is 5.56. The number of hydrogen-bond acceptors (Lipinski definition) is 3. The predicted molar refractivity (Wildman–Crippen MR) is 63.1 cm³/mol. The third kappa shape index (κ3) is 5.27. The molecule has 0 atom stereocenters. The molecule has 0 saturated carbocycles. The van der Waals surface area contributed by atoms with Crippen molar-refractivity contribution in [2.45, 2.75) is 11.8 Å². The number of thiocarbonyl (C=S) groups is 1. The molecule has 76 valence electrons. The second-order valence-electron chi connectivity index (χ2n) is 2.72. The first-order valence-electron chi connectivity index (χ1n) is 3.74. The molecular weight excluding hydrogens is 277 g/mol. The van der Waals surface area contributed by atoms with Gasteiger partial charge in [0.2, 0.25) is 0 Å². The van der Waals surface area contributed by atoms with E-state index < -0.39 is 10.0 Å². The normalized spacial score (nSPS) is 10.3. The molecule has 0 bridgehead atoms. The molecule has 0 spiro atoms. The number of rotatable bonds is 2.